The minimum absolute atomic E-state index is 0.614. The van der Waals surface area contributed by atoms with Crippen molar-refractivity contribution in [2.45, 2.75) is 33.4 Å². The van der Waals surface area contributed by atoms with Gasteiger partial charge in [-0.05, 0) is 38.1 Å². The molecule has 0 saturated heterocycles. The van der Waals surface area contributed by atoms with Gasteiger partial charge in [-0.25, -0.2) is 0 Å². The Labute approximate surface area is 95.2 Å². The first kappa shape index (κ1) is 11.7. The van der Waals surface area contributed by atoms with Gasteiger partial charge in [0.2, 0.25) is 0 Å². The molecule has 0 aliphatic rings. The monoisotopic (exact) mass is 255 g/mol. The van der Waals surface area contributed by atoms with Gasteiger partial charge in [-0.15, -0.1) is 0 Å². The van der Waals surface area contributed by atoms with E-state index in [1.165, 1.54) is 5.56 Å². The van der Waals surface area contributed by atoms with Crippen LogP contribution in [-0.2, 0) is 6.54 Å². The van der Waals surface area contributed by atoms with Crippen molar-refractivity contribution in [3.8, 4) is 0 Å². The second kappa shape index (κ2) is 5.52. The lowest BCUT2D eigenvalue weighted by Crippen LogP contribution is -2.29. The zero-order valence-electron chi connectivity index (χ0n) is 9.13. The molecular weight excluding hydrogens is 238 g/mol. The summed E-state index contributed by atoms with van der Waals surface area (Å²) in [6.07, 6.45) is 0. The van der Waals surface area contributed by atoms with Crippen molar-refractivity contribution < 1.29 is 0 Å². The van der Waals surface area contributed by atoms with Gasteiger partial charge in [0.1, 0.15) is 0 Å². The van der Waals surface area contributed by atoms with Crippen molar-refractivity contribution >= 4 is 15.9 Å². The van der Waals surface area contributed by atoms with Crippen molar-refractivity contribution in [3.05, 3.63) is 34.3 Å². The van der Waals surface area contributed by atoms with E-state index in [9.17, 15) is 0 Å². The predicted octanol–water partition coefficient (Wildman–Crippen LogP) is 3.68. The maximum Gasteiger partial charge on any atom is 0.0236 e. The molecule has 0 spiro atoms. The van der Waals surface area contributed by atoms with E-state index in [1.54, 1.807) is 0 Å². The van der Waals surface area contributed by atoms with E-state index < -0.39 is 0 Å². The summed E-state index contributed by atoms with van der Waals surface area (Å²) in [6, 6.07) is 9.17. The lowest BCUT2D eigenvalue weighted by molar-refractivity contribution is 0.225. The van der Waals surface area contributed by atoms with Crippen LogP contribution in [0.2, 0.25) is 0 Å². The maximum absolute atomic E-state index is 3.44. The van der Waals surface area contributed by atoms with E-state index in [-0.39, 0.29) is 0 Å². The summed E-state index contributed by atoms with van der Waals surface area (Å²) >= 11 is 3.44. The summed E-state index contributed by atoms with van der Waals surface area (Å²) in [5, 5.41) is 0. The molecule has 0 atom stereocenters. The van der Waals surface area contributed by atoms with Gasteiger partial charge >= 0.3 is 0 Å². The molecule has 0 radical (unpaired) electrons. The maximum atomic E-state index is 3.44. The molecule has 2 heteroatoms. The first-order valence-corrected chi connectivity index (χ1v) is 5.91. The van der Waals surface area contributed by atoms with Gasteiger partial charge in [0, 0.05) is 17.1 Å². The van der Waals surface area contributed by atoms with Crippen LogP contribution < -0.4 is 0 Å². The van der Waals surface area contributed by atoms with Crippen LogP contribution in [0.25, 0.3) is 0 Å². The number of hydrogen-bond acceptors (Lipinski definition) is 1. The summed E-state index contributed by atoms with van der Waals surface area (Å²) in [4.78, 5) is 2.45. The molecule has 0 N–H and O–H groups in total. The van der Waals surface area contributed by atoms with Crippen LogP contribution in [0.5, 0.6) is 0 Å². The Bertz CT molecular complexity index is 266. The molecule has 1 rings (SSSR count). The minimum Gasteiger partial charge on any atom is -0.297 e. The van der Waals surface area contributed by atoms with Crippen LogP contribution in [0.4, 0.5) is 0 Å². The normalized spacial score (nSPS) is 11.3. The van der Waals surface area contributed by atoms with E-state index in [0.29, 0.717) is 6.04 Å². The first-order valence-electron chi connectivity index (χ1n) is 5.12. The second-order valence-electron chi connectivity index (χ2n) is 3.78. The fraction of sp³-hybridized carbons (Fsp3) is 0.500. The van der Waals surface area contributed by atoms with Crippen molar-refractivity contribution in [2.24, 2.45) is 0 Å². The number of nitrogens with zero attached hydrogens (tertiary/aromatic N) is 1. The lowest BCUT2D eigenvalue weighted by atomic mass is 10.2. The van der Waals surface area contributed by atoms with Crippen molar-refractivity contribution in [1.29, 1.82) is 0 Å². The molecule has 78 valence electrons. The van der Waals surface area contributed by atoms with E-state index in [0.717, 1.165) is 17.6 Å². The molecule has 1 aromatic rings. The highest BCUT2D eigenvalue weighted by Crippen LogP contribution is 2.13. The van der Waals surface area contributed by atoms with Crippen LogP contribution in [0.1, 0.15) is 26.3 Å². The summed E-state index contributed by atoms with van der Waals surface area (Å²) in [6.45, 7) is 8.83. The van der Waals surface area contributed by atoms with Gasteiger partial charge in [0.25, 0.3) is 0 Å². The van der Waals surface area contributed by atoms with Crippen molar-refractivity contribution in [3.63, 3.8) is 0 Å². The van der Waals surface area contributed by atoms with E-state index in [2.05, 4.69) is 65.9 Å². The van der Waals surface area contributed by atoms with E-state index >= 15 is 0 Å². The lowest BCUT2D eigenvalue weighted by Gasteiger charge is -2.24. The molecule has 0 unspecified atom stereocenters. The molecule has 0 fully saturated rings. The zero-order chi connectivity index (χ0) is 10.6. The number of hydrogen-bond donors (Lipinski definition) is 0. The quantitative estimate of drug-likeness (QED) is 0.794. The molecular formula is C12H18BrN. The van der Waals surface area contributed by atoms with Gasteiger partial charge in [-0.3, -0.25) is 4.90 Å². The number of rotatable bonds is 4. The summed E-state index contributed by atoms with van der Waals surface area (Å²) < 4.78 is 1.15. The van der Waals surface area contributed by atoms with Crippen LogP contribution in [0.3, 0.4) is 0 Å². The molecule has 0 aliphatic heterocycles. The predicted molar refractivity (Wildman–Crippen MR) is 65.4 cm³/mol. The average Bonchev–Trinajstić information content (AvgIpc) is 2.16. The Morgan fingerprint density at radius 3 is 2.21 bits per heavy atom. The highest BCUT2D eigenvalue weighted by molar-refractivity contribution is 9.10. The van der Waals surface area contributed by atoms with Crippen LogP contribution in [-0.4, -0.2) is 17.5 Å². The van der Waals surface area contributed by atoms with Gasteiger partial charge < -0.3 is 0 Å². The minimum atomic E-state index is 0.614. The Hall–Kier alpha value is -0.340. The fourth-order valence-corrected chi connectivity index (χ4v) is 1.75. The van der Waals surface area contributed by atoms with E-state index in [4.69, 9.17) is 0 Å². The topological polar surface area (TPSA) is 3.24 Å². The molecule has 0 amide bonds. The Kier molecular flexibility index (Phi) is 4.63. The summed E-state index contributed by atoms with van der Waals surface area (Å²) in [5.74, 6) is 0. The third-order valence-corrected chi connectivity index (χ3v) is 2.96. The molecule has 0 aromatic heterocycles. The molecule has 0 bridgehead atoms. The van der Waals surface area contributed by atoms with Gasteiger partial charge in [0.05, 0.1) is 0 Å². The molecule has 1 aromatic carbocycles. The Morgan fingerprint density at radius 2 is 1.79 bits per heavy atom. The summed E-state index contributed by atoms with van der Waals surface area (Å²) in [5.41, 5.74) is 1.38. The molecule has 0 saturated carbocycles. The zero-order valence-corrected chi connectivity index (χ0v) is 10.7. The SMILES string of the molecule is CCN(Cc1ccc(Br)cc1)C(C)C. The van der Waals surface area contributed by atoms with Crippen molar-refractivity contribution in [1.82, 2.24) is 4.90 Å². The number of benzene rings is 1. The van der Waals surface area contributed by atoms with Crippen molar-refractivity contribution in [2.75, 3.05) is 6.54 Å². The third-order valence-electron chi connectivity index (χ3n) is 2.44. The molecule has 14 heavy (non-hydrogen) atoms. The molecule has 1 nitrogen and oxygen atoms in total. The third kappa shape index (κ3) is 3.43. The van der Waals surface area contributed by atoms with Crippen LogP contribution in [0.15, 0.2) is 28.7 Å². The van der Waals surface area contributed by atoms with Crippen LogP contribution >= 0.6 is 15.9 Å². The van der Waals surface area contributed by atoms with Gasteiger partial charge in [-0.1, -0.05) is 35.0 Å². The second-order valence-corrected chi connectivity index (χ2v) is 4.70. The number of halogens is 1. The van der Waals surface area contributed by atoms with E-state index in [1.807, 2.05) is 0 Å². The highest BCUT2D eigenvalue weighted by Gasteiger charge is 2.06. The van der Waals surface area contributed by atoms with Gasteiger partial charge in [0.15, 0.2) is 0 Å². The fourth-order valence-electron chi connectivity index (χ4n) is 1.48. The highest BCUT2D eigenvalue weighted by atomic mass is 79.9. The van der Waals surface area contributed by atoms with Crippen LogP contribution in [0, 0.1) is 0 Å². The molecule has 0 heterocycles. The summed E-state index contributed by atoms with van der Waals surface area (Å²) in [7, 11) is 0. The first-order chi connectivity index (χ1) is 6.63. The molecule has 0 aliphatic carbocycles. The average molecular weight is 256 g/mol. The Morgan fingerprint density at radius 1 is 1.21 bits per heavy atom. The van der Waals surface area contributed by atoms with Gasteiger partial charge in [-0.2, -0.15) is 0 Å². The Balaban J connectivity index is 2.63. The smallest absolute Gasteiger partial charge is 0.0236 e. The standard InChI is InChI=1S/C12H18BrN/c1-4-14(10(2)3)9-11-5-7-12(13)8-6-11/h5-8,10H,4,9H2,1-3H3. The largest absolute Gasteiger partial charge is 0.297 e.